The zero-order valence-corrected chi connectivity index (χ0v) is 11.0. The molecular weight excluding hydrogens is 284 g/mol. The Morgan fingerprint density at radius 2 is 2.18 bits per heavy atom. The van der Waals surface area contributed by atoms with Crippen LogP contribution >= 0.6 is 15.9 Å². The van der Waals surface area contributed by atoms with Crippen molar-refractivity contribution < 1.29 is 9.21 Å². The van der Waals surface area contributed by atoms with E-state index in [0.29, 0.717) is 11.3 Å². The van der Waals surface area contributed by atoms with E-state index in [0.717, 1.165) is 10.2 Å². The molecular formula is C12H11BrN2O2. The highest BCUT2D eigenvalue weighted by Crippen LogP contribution is 2.16. The number of carbonyl (C=O) groups is 1. The molecule has 0 fully saturated rings. The van der Waals surface area contributed by atoms with E-state index >= 15 is 0 Å². The first-order valence-electron chi connectivity index (χ1n) is 5.07. The molecule has 1 N–H and O–H groups in total. The van der Waals surface area contributed by atoms with Gasteiger partial charge in [0.25, 0.3) is 5.91 Å². The van der Waals surface area contributed by atoms with Crippen molar-refractivity contribution >= 4 is 27.9 Å². The summed E-state index contributed by atoms with van der Waals surface area (Å²) >= 11 is 3.31. The third-order valence-electron chi connectivity index (χ3n) is 2.34. The fraction of sp³-hybridized carbons (Fsp3) is 0.167. The van der Waals surface area contributed by atoms with Gasteiger partial charge in [0.1, 0.15) is 5.76 Å². The summed E-state index contributed by atoms with van der Waals surface area (Å²) in [6.07, 6.45) is 0. The van der Waals surface area contributed by atoms with Gasteiger partial charge in [-0.1, -0.05) is 22.0 Å². The van der Waals surface area contributed by atoms with Gasteiger partial charge in [-0.2, -0.15) is 4.98 Å². The third kappa shape index (κ3) is 2.74. The maximum Gasteiger partial charge on any atom is 0.302 e. The number of nitrogens with zero attached hydrogens (tertiary/aromatic N) is 1. The third-order valence-corrected chi connectivity index (χ3v) is 2.83. The molecule has 17 heavy (non-hydrogen) atoms. The van der Waals surface area contributed by atoms with Crippen LogP contribution in [0.25, 0.3) is 0 Å². The maximum atomic E-state index is 11.9. The second-order valence-corrected chi connectivity index (χ2v) is 4.54. The molecule has 0 atom stereocenters. The lowest BCUT2D eigenvalue weighted by molar-refractivity contribution is 0.102. The molecule has 0 unspecified atom stereocenters. The first kappa shape index (κ1) is 11.9. The first-order valence-corrected chi connectivity index (χ1v) is 5.86. The lowest BCUT2D eigenvalue weighted by atomic mass is 10.2. The number of oxazole rings is 1. The van der Waals surface area contributed by atoms with E-state index < -0.39 is 0 Å². The number of carbonyl (C=O) groups excluding carboxylic acids is 1. The van der Waals surface area contributed by atoms with Crippen molar-refractivity contribution in [1.82, 2.24) is 4.98 Å². The molecule has 0 aliphatic heterocycles. The van der Waals surface area contributed by atoms with E-state index in [9.17, 15) is 4.79 Å². The molecule has 0 saturated carbocycles. The van der Waals surface area contributed by atoms with Gasteiger partial charge in [0.05, 0.1) is 5.69 Å². The number of hydrogen-bond acceptors (Lipinski definition) is 3. The second kappa shape index (κ2) is 4.71. The van der Waals surface area contributed by atoms with Gasteiger partial charge in [0, 0.05) is 10.0 Å². The second-order valence-electron chi connectivity index (χ2n) is 3.63. The van der Waals surface area contributed by atoms with Gasteiger partial charge < -0.3 is 4.42 Å². The highest BCUT2D eigenvalue weighted by Gasteiger charge is 2.11. The number of halogens is 1. The Kier molecular flexibility index (Phi) is 3.28. The number of nitrogens with one attached hydrogen (secondary N) is 1. The zero-order valence-electron chi connectivity index (χ0n) is 9.45. The van der Waals surface area contributed by atoms with E-state index in [1.807, 2.05) is 13.0 Å². The molecule has 0 aliphatic carbocycles. The minimum absolute atomic E-state index is 0.227. The molecule has 4 nitrogen and oxygen atoms in total. The Labute approximate surface area is 107 Å². The van der Waals surface area contributed by atoms with E-state index in [4.69, 9.17) is 4.42 Å². The quantitative estimate of drug-likeness (QED) is 0.924. The van der Waals surface area contributed by atoms with Crippen LogP contribution in [0, 0.1) is 13.8 Å². The summed E-state index contributed by atoms with van der Waals surface area (Å²) < 4.78 is 6.13. The van der Waals surface area contributed by atoms with E-state index in [1.165, 1.54) is 0 Å². The van der Waals surface area contributed by atoms with Crippen molar-refractivity contribution in [1.29, 1.82) is 0 Å². The van der Waals surface area contributed by atoms with Gasteiger partial charge in [-0.25, -0.2) is 0 Å². The molecule has 0 bridgehead atoms. The van der Waals surface area contributed by atoms with Crippen molar-refractivity contribution in [2.75, 3.05) is 5.32 Å². The minimum Gasteiger partial charge on any atom is -0.428 e. The summed E-state index contributed by atoms with van der Waals surface area (Å²) in [6.45, 7) is 3.63. The van der Waals surface area contributed by atoms with Crippen molar-refractivity contribution in [2.45, 2.75) is 13.8 Å². The standard InChI is InChI=1S/C12H11BrN2O2/c1-7-8(2)17-12(14-7)15-11(16)9-4-3-5-10(13)6-9/h3-6H,1-2H3,(H,14,15,16). The van der Waals surface area contributed by atoms with Crippen molar-refractivity contribution in [3.05, 3.63) is 45.8 Å². The van der Waals surface area contributed by atoms with E-state index in [1.54, 1.807) is 25.1 Å². The molecule has 0 aliphatic rings. The van der Waals surface area contributed by atoms with E-state index in [2.05, 4.69) is 26.2 Å². The Hall–Kier alpha value is -1.62. The average molecular weight is 295 g/mol. The number of aromatic nitrogens is 1. The van der Waals surface area contributed by atoms with Crippen LogP contribution in [0.5, 0.6) is 0 Å². The van der Waals surface area contributed by atoms with Crippen LogP contribution in [-0.2, 0) is 0 Å². The summed E-state index contributed by atoms with van der Waals surface area (Å²) in [5.74, 6) is 0.460. The maximum absolute atomic E-state index is 11.9. The van der Waals surface area contributed by atoms with Gasteiger partial charge in [-0.05, 0) is 32.0 Å². The van der Waals surface area contributed by atoms with Gasteiger partial charge in [0.15, 0.2) is 0 Å². The zero-order chi connectivity index (χ0) is 12.4. The van der Waals surface area contributed by atoms with E-state index in [-0.39, 0.29) is 11.9 Å². The number of anilines is 1. The lowest BCUT2D eigenvalue weighted by Crippen LogP contribution is -2.11. The summed E-state index contributed by atoms with van der Waals surface area (Å²) in [4.78, 5) is 15.9. The van der Waals surface area contributed by atoms with Crippen LogP contribution in [0.2, 0.25) is 0 Å². The van der Waals surface area contributed by atoms with Crippen LogP contribution in [0.1, 0.15) is 21.8 Å². The van der Waals surface area contributed by atoms with Crippen molar-refractivity contribution in [3.8, 4) is 0 Å². The SMILES string of the molecule is Cc1nc(NC(=O)c2cccc(Br)c2)oc1C. The Morgan fingerprint density at radius 3 is 2.76 bits per heavy atom. The molecule has 2 rings (SSSR count). The van der Waals surface area contributed by atoms with Crippen molar-refractivity contribution in [3.63, 3.8) is 0 Å². The largest absolute Gasteiger partial charge is 0.428 e. The predicted molar refractivity (Wildman–Crippen MR) is 68.1 cm³/mol. The fourth-order valence-corrected chi connectivity index (χ4v) is 1.72. The van der Waals surface area contributed by atoms with Crippen LogP contribution < -0.4 is 5.32 Å². The highest BCUT2D eigenvalue weighted by molar-refractivity contribution is 9.10. The monoisotopic (exact) mass is 294 g/mol. The number of amides is 1. The lowest BCUT2D eigenvalue weighted by Gasteiger charge is -2.01. The molecule has 1 heterocycles. The van der Waals surface area contributed by atoms with Gasteiger partial charge in [-0.15, -0.1) is 0 Å². The van der Waals surface area contributed by atoms with Crippen LogP contribution in [-0.4, -0.2) is 10.9 Å². The predicted octanol–water partition coefficient (Wildman–Crippen LogP) is 3.31. The summed E-state index contributed by atoms with van der Waals surface area (Å²) in [7, 11) is 0. The summed E-state index contributed by atoms with van der Waals surface area (Å²) in [6, 6.07) is 7.34. The molecule has 1 amide bonds. The van der Waals surface area contributed by atoms with Crippen LogP contribution in [0.15, 0.2) is 33.2 Å². The Bertz CT molecular complexity index is 544. The Morgan fingerprint density at radius 1 is 1.41 bits per heavy atom. The minimum atomic E-state index is -0.243. The fourth-order valence-electron chi connectivity index (χ4n) is 1.33. The molecule has 1 aromatic carbocycles. The number of benzene rings is 1. The molecule has 1 aromatic heterocycles. The topological polar surface area (TPSA) is 55.1 Å². The van der Waals surface area contributed by atoms with Gasteiger partial charge >= 0.3 is 6.01 Å². The number of rotatable bonds is 2. The smallest absolute Gasteiger partial charge is 0.302 e. The van der Waals surface area contributed by atoms with Crippen LogP contribution in [0.4, 0.5) is 6.01 Å². The highest BCUT2D eigenvalue weighted by atomic mass is 79.9. The molecule has 5 heteroatoms. The molecule has 88 valence electrons. The number of aryl methyl sites for hydroxylation is 2. The molecule has 0 spiro atoms. The molecule has 0 saturated heterocycles. The van der Waals surface area contributed by atoms with Crippen molar-refractivity contribution in [2.24, 2.45) is 0 Å². The Balaban J connectivity index is 2.17. The first-order chi connectivity index (χ1) is 8.06. The normalized spacial score (nSPS) is 10.3. The van der Waals surface area contributed by atoms with Gasteiger partial charge in [-0.3, -0.25) is 10.1 Å². The molecule has 2 aromatic rings. The van der Waals surface area contributed by atoms with Crippen LogP contribution in [0.3, 0.4) is 0 Å². The van der Waals surface area contributed by atoms with Gasteiger partial charge in [0.2, 0.25) is 0 Å². The number of hydrogen-bond donors (Lipinski definition) is 1. The molecule has 0 radical (unpaired) electrons. The summed E-state index contributed by atoms with van der Waals surface area (Å²) in [5.41, 5.74) is 1.32. The average Bonchev–Trinajstić information content (AvgIpc) is 2.58. The summed E-state index contributed by atoms with van der Waals surface area (Å²) in [5, 5.41) is 2.61.